The first-order chi connectivity index (χ1) is 30.5. The standard InChI is InChI=1S/C56H100O6/c1-4-7-10-13-16-19-22-24-26-28-29-31-32-34-37-40-43-46-49-55(58)61-52-53(51-60-54(57)48-45-42-39-36-21-18-15-12-9-6-3)62-56(59)50-47-44-41-38-35-33-30-27-25-23-20-17-14-11-8-5-2/h16,19,22,24,26,28-29,31,53H,4-15,17-18,20-21,23,25,27,30,32-52H2,1-3H3/b19-16-,24-22-,28-26-,31-29-. The molecule has 0 rings (SSSR count). The van der Waals surface area contributed by atoms with E-state index in [1.807, 2.05) is 0 Å². The molecule has 360 valence electrons. The zero-order valence-corrected chi connectivity index (χ0v) is 41.1. The minimum absolute atomic E-state index is 0.0773. The van der Waals surface area contributed by atoms with Crippen molar-refractivity contribution in [2.24, 2.45) is 0 Å². The van der Waals surface area contributed by atoms with Crippen LogP contribution in [0.2, 0.25) is 0 Å². The summed E-state index contributed by atoms with van der Waals surface area (Å²) < 4.78 is 16.8. The van der Waals surface area contributed by atoms with Gasteiger partial charge in [0.25, 0.3) is 0 Å². The summed E-state index contributed by atoms with van der Waals surface area (Å²) in [6.07, 6.45) is 60.9. The molecule has 1 unspecified atom stereocenters. The number of ether oxygens (including phenoxy) is 3. The third-order valence-corrected chi connectivity index (χ3v) is 11.7. The Hall–Kier alpha value is -2.63. The Bertz CT molecular complexity index is 1090. The van der Waals surface area contributed by atoms with Crippen molar-refractivity contribution in [3.8, 4) is 0 Å². The number of unbranched alkanes of at least 4 members (excludes halogenated alkanes) is 32. The highest BCUT2D eigenvalue weighted by molar-refractivity contribution is 5.71. The second kappa shape index (κ2) is 51.0. The number of carbonyl (C=O) groups excluding carboxylic acids is 3. The molecule has 1 atom stereocenters. The highest BCUT2D eigenvalue weighted by Gasteiger charge is 2.19. The van der Waals surface area contributed by atoms with Gasteiger partial charge in [0.15, 0.2) is 6.10 Å². The highest BCUT2D eigenvalue weighted by atomic mass is 16.6. The van der Waals surface area contributed by atoms with Gasteiger partial charge in [-0.3, -0.25) is 14.4 Å². The van der Waals surface area contributed by atoms with Gasteiger partial charge in [0.2, 0.25) is 0 Å². The number of rotatable bonds is 48. The molecule has 0 aromatic heterocycles. The molecule has 0 heterocycles. The summed E-state index contributed by atoms with van der Waals surface area (Å²) >= 11 is 0. The van der Waals surface area contributed by atoms with E-state index in [4.69, 9.17) is 14.2 Å². The van der Waals surface area contributed by atoms with E-state index in [2.05, 4.69) is 69.4 Å². The normalized spacial score (nSPS) is 12.4. The van der Waals surface area contributed by atoms with Gasteiger partial charge in [0.1, 0.15) is 13.2 Å². The zero-order chi connectivity index (χ0) is 45.1. The maximum atomic E-state index is 12.8. The van der Waals surface area contributed by atoms with Gasteiger partial charge in [-0.1, -0.05) is 256 Å². The van der Waals surface area contributed by atoms with Crippen LogP contribution in [0.3, 0.4) is 0 Å². The fourth-order valence-corrected chi connectivity index (χ4v) is 7.63. The average molecular weight is 869 g/mol. The molecule has 0 saturated carbocycles. The van der Waals surface area contributed by atoms with Crippen LogP contribution in [-0.4, -0.2) is 37.2 Å². The van der Waals surface area contributed by atoms with Crippen LogP contribution in [0.4, 0.5) is 0 Å². The van der Waals surface area contributed by atoms with Crippen molar-refractivity contribution in [1.82, 2.24) is 0 Å². The van der Waals surface area contributed by atoms with Gasteiger partial charge in [0.05, 0.1) is 0 Å². The van der Waals surface area contributed by atoms with Crippen molar-refractivity contribution in [3.05, 3.63) is 48.6 Å². The second-order valence-corrected chi connectivity index (χ2v) is 17.9. The Balaban J connectivity index is 4.36. The molecule has 0 spiro atoms. The molecule has 0 N–H and O–H groups in total. The van der Waals surface area contributed by atoms with E-state index in [1.165, 1.54) is 148 Å². The van der Waals surface area contributed by atoms with E-state index in [0.717, 1.165) is 83.5 Å². The maximum Gasteiger partial charge on any atom is 0.306 e. The lowest BCUT2D eigenvalue weighted by atomic mass is 10.0. The smallest absolute Gasteiger partial charge is 0.306 e. The van der Waals surface area contributed by atoms with Crippen LogP contribution in [0.25, 0.3) is 0 Å². The first kappa shape index (κ1) is 59.4. The first-order valence-corrected chi connectivity index (χ1v) is 26.7. The molecule has 0 aliphatic carbocycles. The number of hydrogen-bond donors (Lipinski definition) is 0. The molecule has 0 saturated heterocycles. The molecule has 0 aliphatic heterocycles. The third-order valence-electron chi connectivity index (χ3n) is 11.7. The molecule has 0 aromatic carbocycles. The number of allylic oxidation sites excluding steroid dienone is 8. The van der Waals surface area contributed by atoms with Gasteiger partial charge < -0.3 is 14.2 Å². The predicted molar refractivity (Wildman–Crippen MR) is 265 cm³/mol. The van der Waals surface area contributed by atoms with Gasteiger partial charge in [-0.15, -0.1) is 0 Å². The van der Waals surface area contributed by atoms with Crippen LogP contribution in [0.5, 0.6) is 0 Å². The highest BCUT2D eigenvalue weighted by Crippen LogP contribution is 2.16. The summed E-state index contributed by atoms with van der Waals surface area (Å²) in [5.41, 5.74) is 0. The lowest BCUT2D eigenvalue weighted by molar-refractivity contribution is -0.167. The van der Waals surface area contributed by atoms with E-state index in [1.54, 1.807) is 0 Å². The van der Waals surface area contributed by atoms with E-state index in [9.17, 15) is 14.4 Å². The molecular weight excluding hydrogens is 769 g/mol. The molecule has 6 heteroatoms. The van der Waals surface area contributed by atoms with Crippen LogP contribution in [-0.2, 0) is 28.6 Å². The van der Waals surface area contributed by atoms with Crippen LogP contribution in [0.15, 0.2) is 48.6 Å². The SMILES string of the molecule is CCCCC\C=C/C=C\C=C/C=C\CCCCCCCC(=O)OCC(COC(=O)CCCCCCCCCCCC)OC(=O)CCCCCCCCCCCCCCCCCC. The molecular formula is C56H100O6. The average Bonchev–Trinajstić information content (AvgIpc) is 3.27. The molecule has 0 amide bonds. The Morgan fingerprint density at radius 1 is 0.323 bits per heavy atom. The Morgan fingerprint density at radius 2 is 0.581 bits per heavy atom. The third kappa shape index (κ3) is 48.4. The van der Waals surface area contributed by atoms with E-state index in [-0.39, 0.29) is 31.1 Å². The van der Waals surface area contributed by atoms with Crippen LogP contribution >= 0.6 is 0 Å². The van der Waals surface area contributed by atoms with Crippen molar-refractivity contribution in [2.75, 3.05) is 13.2 Å². The van der Waals surface area contributed by atoms with Gasteiger partial charge in [-0.05, 0) is 44.9 Å². The topological polar surface area (TPSA) is 78.9 Å². The quantitative estimate of drug-likeness (QED) is 0.0262. The van der Waals surface area contributed by atoms with Gasteiger partial charge in [-0.2, -0.15) is 0 Å². The molecule has 6 nitrogen and oxygen atoms in total. The predicted octanol–water partition coefficient (Wildman–Crippen LogP) is 17.5. The van der Waals surface area contributed by atoms with Crippen molar-refractivity contribution < 1.29 is 28.6 Å². The Kier molecular flexibility index (Phi) is 48.8. The minimum Gasteiger partial charge on any atom is -0.462 e. The first-order valence-electron chi connectivity index (χ1n) is 26.7. The monoisotopic (exact) mass is 869 g/mol. The Labute approximate surface area is 384 Å². The number of esters is 3. The molecule has 0 aromatic rings. The Morgan fingerprint density at radius 3 is 0.935 bits per heavy atom. The van der Waals surface area contributed by atoms with Crippen molar-refractivity contribution in [1.29, 1.82) is 0 Å². The molecule has 0 fully saturated rings. The summed E-state index contributed by atoms with van der Waals surface area (Å²) in [6, 6.07) is 0. The van der Waals surface area contributed by atoms with Crippen LogP contribution < -0.4 is 0 Å². The summed E-state index contributed by atoms with van der Waals surface area (Å²) in [5.74, 6) is -0.891. The molecule has 0 radical (unpaired) electrons. The fraction of sp³-hybridized carbons (Fsp3) is 0.804. The number of carbonyl (C=O) groups is 3. The lowest BCUT2D eigenvalue weighted by Crippen LogP contribution is -2.30. The summed E-state index contributed by atoms with van der Waals surface area (Å²) in [4.78, 5) is 38.0. The lowest BCUT2D eigenvalue weighted by Gasteiger charge is -2.18. The molecule has 0 bridgehead atoms. The second-order valence-electron chi connectivity index (χ2n) is 17.9. The molecule has 0 aliphatic rings. The van der Waals surface area contributed by atoms with Crippen molar-refractivity contribution >= 4 is 17.9 Å². The zero-order valence-electron chi connectivity index (χ0n) is 41.1. The van der Waals surface area contributed by atoms with E-state index in [0.29, 0.717) is 19.3 Å². The molecule has 62 heavy (non-hydrogen) atoms. The van der Waals surface area contributed by atoms with E-state index >= 15 is 0 Å². The number of hydrogen-bond acceptors (Lipinski definition) is 6. The van der Waals surface area contributed by atoms with Crippen LogP contribution in [0, 0.1) is 0 Å². The summed E-state index contributed by atoms with van der Waals surface area (Å²) in [5, 5.41) is 0. The van der Waals surface area contributed by atoms with Crippen molar-refractivity contribution in [2.45, 2.75) is 277 Å². The summed E-state index contributed by atoms with van der Waals surface area (Å²) in [7, 11) is 0. The van der Waals surface area contributed by atoms with Gasteiger partial charge in [-0.25, -0.2) is 0 Å². The fourth-order valence-electron chi connectivity index (χ4n) is 7.63. The van der Waals surface area contributed by atoms with E-state index < -0.39 is 6.10 Å². The largest absolute Gasteiger partial charge is 0.462 e. The maximum absolute atomic E-state index is 12.8. The van der Waals surface area contributed by atoms with Crippen LogP contribution in [0.1, 0.15) is 271 Å². The van der Waals surface area contributed by atoms with Gasteiger partial charge >= 0.3 is 17.9 Å². The minimum atomic E-state index is -0.778. The van der Waals surface area contributed by atoms with Gasteiger partial charge in [0, 0.05) is 19.3 Å². The van der Waals surface area contributed by atoms with Crippen molar-refractivity contribution in [3.63, 3.8) is 0 Å². The summed E-state index contributed by atoms with van der Waals surface area (Å²) in [6.45, 7) is 6.59.